The molecule has 0 aromatic heterocycles. The quantitative estimate of drug-likeness (QED) is 0.162. The minimum atomic E-state index is -4.31. The lowest BCUT2D eigenvalue weighted by molar-refractivity contribution is -0.140. The van der Waals surface area contributed by atoms with Crippen LogP contribution in [0.5, 0.6) is 5.75 Å². The number of sulfonamides is 1. The molecule has 4 aromatic carbocycles. The van der Waals surface area contributed by atoms with Gasteiger partial charge in [0.05, 0.1) is 17.7 Å². The third-order valence-electron chi connectivity index (χ3n) is 7.22. The number of hydrogen-bond acceptors (Lipinski definition) is 5. The average Bonchev–Trinajstić information content (AvgIpc) is 3.04. The van der Waals surface area contributed by atoms with Crippen molar-refractivity contribution in [2.45, 2.75) is 37.8 Å². The second-order valence-corrected chi connectivity index (χ2v) is 13.9. The van der Waals surface area contributed by atoms with Crippen LogP contribution in [-0.2, 0) is 32.6 Å². The van der Waals surface area contributed by atoms with Gasteiger partial charge in [0.1, 0.15) is 18.3 Å². The highest BCUT2D eigenvalue weighted by Crippen LogP contribution is 2.35. The topological polar surface area (TPSA) is 96.0 Å². The Morgan fingerprint density at radius 1 is 0.826 bits per heavy atom. The molecule has 0 heterocycles. The largest absolute Gasteiger partial charge is 0.495 e. The maximum atomic E-state index is 14.6. The summed E-state index contributed by atoms with van der Waals surface area (Å²) in [6.07, 6.45) is 0.197. The first kappa shape index (κ1) is 34.8. The van der Waals surface area contributed by atoms with E-state index in [0.29, 0.717) is 17.1 Å². The van der Waals surface area contributed by atoms with Crippen molar-refractivity contribution in [2.24, 2.45) is 5.92 Å². The number of anilines is 1. The number of hydrogen-bond donors (Lipinski definition) is 1. The van der Waals surface area contributed by atoms with Crippen LogP contribution in [0.4, 0.5) is 5.69 Å². The number of benzene rings is 4. The average molecular weight is 683 g/mol. The highest BCUT2D eigenvalue weighted by molar-refractivity contribution is 7.92. The van der Waals surface area contributed by atoms with E-state index in [9.17, 15) is 18.0 Å². The van der Waals surface area contributed by atoms with Gasteiger partial charge in [-0.05, 0) is 59.5 Å². The third kappa shape index (κ3) is 9.02. The normalized spacial score (nSPS) is 12.0. The first-order chi connectivity index (χ1) is 22.0. The molecule has 1 N–H and O–H groups in total. The Morgan fingerprint density at radius 3 is 2.09 bits per heavy atom. The first-order valence-electron chi connectivity index (χ1n) is 14.8. The Morgan fingerprint density at radius 2 is 1.46 bits per heavy atom. The number of rotatable bonds is 14. The van der Waals surface area contributed by atoms with Crippen LogP contribution in [0.3, 0.4) is 0 Å². The molecule has 242 valence electrons. The van der Waals surface area contributed by atoms with Gasteiger partial charge in [0, 0.05) is 29.6 Å². The van der Waals surface area contributed by atoms with E-state index in [4.69, 9.17) is 27.9 Å². The number of carbonyl (C=O) groups excluding carboxylic acids is 2. The van der Waals surface area contributed by atoms with E-state index in [-0.39, 0.29) is 46.1 Å². The lowest BCUT2D eigenvalue weighted by atomic mass is 10.0. The molecular weight excluding hydrogens is 645 g/mol. The lowest BCUT2D eigenvalue weighted by Gasteiger charge is -2.34. The summed E-state index contributed by atoms with van der Waals surface area (Å²) < 4.78 is 34.9. The van der Waals surface area contributed by atoms with E-state index in [2.05, 4.69) is 5.32 Å². The minimum Gasteiger partial charge on any atom is -0.495 e. The zero-order chi connectivity index (χ0) is 33.3. The molecule has 0 aliphatic rings. The number of methoxy groups -OCH3 is 1. The number of nitrogens with zero attached hydrogens (tertiary/aromatic N) is 2. The summed E-state index contributed by atoms with van der Waals surface area (Å²) in [5.74, 6) is -0.596. The summed E-state index contributed by atoms with van der Waals surface area (Å²) in [4.78, 5) is 29.8. The Bertz CT molecular complexity index is 1740. The highest BCUT2D eigenvalue weighted by atomic mass is 35.5. The van der Waals surface area contributed by atoms with Gasteiger partial charge in [-0.25, -0.2) is 8.42 Å². The van der Waals surface area contributed by atoms with Crippen molar-refractivity contribution in [1.82, 2.24) is 10.2 Å². The second-order valence-electron chi connectivity index (χ2n) is 11.1. The Labute approximate surface area is 280 Å². The fourth-order valence-electron chi connectivity index (χ4n) is 4.90. The van der Waals surface area contributed by atoms with Gasteiger partial charge >= 0.3 is 0 Å². The van der Waals surface area contributed by atoms with Crippen LogP contribution < -0.4 is 14.4 Å². The van der Waals surface area contributed by atoms with Crippen molar-refractivity contribution in [3.8, 4) is 5.75 Å². The smallest absolute Gasteiger partial charge is 0.264 e. The monoisotopic (exact) mass is 681 g/mol. The van der Waals surface area contributed by atoms with Gasteiger partial charge < -0.3 is 15.0 Å². The van der Waals surface area contributed by atoms with E-state index in [0.717, 1.165) is 9.87 Å². The van der Waals surface area contributed by atoms with Gasteiger partial charge in [-0.15, -0.1) is 0 Å². The molecule has 0 bridgehead atoms. The number of carbonyl (C=O) groups is 2. The molecule has 11 heteroatoms. The Kier molecular flexibility index (Phi) is 12.1. The van der Waals surface area contributed by atoms with E-state index >= 15 is 0 Å². The summed E-state index contributed by atoms with van der Waals surface area (Å²) in [7, 11) is -2.91. The molecule has 8 nitrogen and oxygen atoms in total. The summed E-state index contributed by atoms with van der Waals surface area (Å²) in [6, 6.07) is 27.7. The van der Waals surface area contributed by atoms with Gasteiger partial charge in [0.15, 0.2) is 0 Å². The van der Waals surface area contributed by atoms with Crippen LogP contribution >= 0.6 is 23.2 Å². The molecule has 0 fully saturated rings. The van der Waals surface area contributed by atoms with Crippen LogP contribution in [-0.4, -0.2) is 51.4 Å². The molecule has 0 aliphatic heterocycles. The molecule has 4 aromatic rings. The fourth-order valence-corrected chi connectivity index (χ4v) is 6.72. The molecular formula is C35H37Cl2N3O5S. The molecule has 46 heavy (non-hydrogen) atoms. The molecule has 1 atom stereocenters. The van der Waals surface area contributed by atoms with Gasteiger partial charge in [-0.3, -0.25) is 13.9 Å². The number of ether oxygens (including phenoxy) is 1. The van der Waals surface area contributed by atoms with Crippen molar-refractivity contribution >= 4 is 50.7 Å². The van der Waals surface area contributed by atoms with Crippen molar-refractivity contribution in [3.05, 3.63) is 124 Å². The van der Waals surface area contributed by atoms with Crippen LogP contribution in [0.1, 0.15) is 25.0 Å². The van der Waals surface area contributed by atoms with Crippen LogP contribution in [0.15, 0.2) is 108 Å². The summed E-state index contributed by atoms with van der Waals surface area (Å²) >= 11 is 12.6. The van der Waals surface area contributed by atoms with Gasteiger partial charge in [0.25, 0.3) is 10.0 Å². The highest BCUT2D eigenvalue weighted by Gasteiger charge is 2.35. The van der Waals surface area contributed by atoms with Crippen LogP contribution in [0.25, 0.3) is 0 Å². The third-order valence-corrected chi connectivity index (χ3v) is 9.46. The predicted octanol–water partition coefficient (Wildman–Crippen LogP) is 6.61. The summed E-state index contributed by atoms with van der Waals surface area (Å²) in [5, 5.41) is 3.69. The summed E-state index contributed by atoms with van der Waals surface area (Å²) in [6.45, 7) is 3.71. The van der Waals surface area contributed by atoms with Crippen LogP contribution in [0.2, 0.25) is 10.0 Å². The number of nitrogens with one attached hydrogen (secondary N) is 1. The van der Waals surface area contributed by atoms with E-state index in [1.807, 2.05) is 44.2 Å². The van der Waals surface area contributed by atoms with Crippen molar-refractivity contribution in [3.63, 3.8) is 0 Å². The fraction of sp³-hybridized carbons (Fsp3) is 0.257. The number of halogens is 2. The lowest BCUT2D eigenvalue weighted by Crippen LogP contribution is -2.53. The second kappa shape index (κ2) is 16.0. The molecule has 1 unspecified atom stereocenters. The minimum absolute atomic E-state index is 0.00209. The van der Waals surface area contributed by atoms with E-state index in [1.54, 1.807) is 48.5 Å². The van der Waals surface area contributed by atoms with Crippen LogP contribution in [0, 0.1) is 5.92 Å². The van der Waals surface area contributed by atoms with Crippen molar-refractivity contribution in [2.75, 3.05) is 24.5 Å². The predicted molar refractivity (Wildman–Crippen MR) is 183 cm³/mol. The molecule has 0 aliphatic carbocycles. The Hall–Kier alpha value is -4.05. The molecule has 0 saturated heterocycles. The summed E-state index contributed by atoms with van der Waals surface area (Å²) in [5.41, 5.74) is 1.59. The standard InChI is InChI=1S/C35H37Cl2N3O5S/c1-25(2)22-38-35(42)32(20-26-11-6-4-7-12-26)39(23-27-13-10-14-28(36)19-27)34(41)24-40(31-21-29(37)17-18-33(31)45-3)46(43,44)30-15-8-5-9-16-30/h4-19,21,25,32H,20,22-24H2,1-3H3,(H,38,42). The van der Waals surface area contributed by atoms with Gasteiger partial charge in [-0.1, -0.05) is 97.7 Å². The van der Waals surface area contributed by atoms with Crippen molar-refractivity contribution < 1.29 is 22.7 Å². The maximum absolute atomic E-state index is 14.6. The van der Waals surface area contributed by atoms with E-state index in [1.165, 1.54) is 36.3 Å². The maximum Gasteiger partial charge on any atom is 0.264 e. The zero-order valence-electron chi connectivity index (χ0n) is 25.9. The molecule has 0 radical (unpaired) electrons. The number of amides is 2. The zero-order valence-corrected chi connectivity index (χ0v) is 28.2. The Balaban J connectivity index is 1.84. The van der Waals surface area contributed by atoms with Crippen molar-refractivity contribution in [1.29, 1.82) is 0 Å². The van der Waals surface area contributed by atoms with Gasteiger partial charge in [0.2, 0.25) is 11.8 Å². The SMILES string of the molecule is COc1ccc(Cl)cc1N(CC(=O)N(Cc1cccc(Cl)c1)C(Cc1ccccc1)C(=O)NCC(C)C)S(=O)(=O)c1ccccc1. The molecule has 0 spiro atoms. The first-order valence-corrected chi connectivity index (χ1v) is 17.0. The molecule has 0 saturated carbocycles. The van der Waals surface area contributed by atoms with Gasteiger partial charge in [-0.2, -0.15) is 0 Å². The van der Waals surface area contributed by atoms with E-state index < -0.39 is 28.5 Å². The molecule has 2 amide bonds. The molecule has 4 rings (SSSR count).